The van der Waals surface area contributed by atoms with Crippen molar-refractivity contribution in [3.05, 3.63) is 39.8 Å². The molecule has 28 heavy (non-hydrogen) atoms. The number of amides is 2. The SMILES string of the molecule is COc1ccc(CC(=O)Nc2sc3c(c2C(N)=O)CCCCCC3)cc1OC. The van der Waals surface area contributed by atoms with Gasteiger partial charge in [-0.15, -0.1) is 11.3 Å². The number of carbonyl (C=O) groups excluding carboxylic acids is 2. The third kappa shape index (κ3) is 4.47. The average molecular weight is 403 g/mol. The molecule has 0 unspecified atom stereocenters. The zero-order valence-electron chi connectivity index (χ0n) is 16.3. The van der Waals surface area contributed by atoms with Crippen LogP contribution in [0.4, 0.5) is 5.00 Å². The lowest BCUT2D eigenvalue weighted by atomic mass is 9.96. The Labute approximate surface area is 169 Å². The van der Waals surface area contributed by atoms with Crippen LogP contribution >= 0.6 is 11.3 Å². The van der Waals surface area contributed by atoms with Crippen LogP contribution in [0.3, 0.4) is 0 Å². The highest BCUT2D eigenvalue weighted by atomic mass is 32.1. The van der Waals surface area contributed by atoms with Crippen molar-refractivity contribution < 1.29 is 19.1 Å². The van der Waals surface area contributed by atoms with Gasteiger partial charge in [0.2, 0.25) is 5.91 Å². The fraction of sp³-hybridized carbons (Fsp3) is 0.429. The highest BCUT2D eigenvalue weighted by Gasteiger charge is 2.24. The summed E-state index contributed by atoms with van der Waals surface area (Å²) in [4.78, 5) is 25.9. The number of hydrogen-bond acceptors (Lipinski definition) is 5. The standard InChI is InChI=1S/C21H26N2O4S/c1-26-15-10-9-13(11-16(15)27-2)12-18(24)23-21-19(20(22)25)14-7-5-3-4-6-8-17(14)28-21/h9-11H,3-8,12H2,1-2H3,(H2,22,25)(H,23,24). The van der Waals surface area contributed by atoms with Gasteiger partial charge in [0.25, 0.3) is 5.91 Å². The molecule has 2 aromatic rings. The van der Waals surface area contributed by atoms with Crippen molar-refractivity contribution in [2.75, 3.05) is 19.5 Å². The molecule has 0 spiro atoms. The summed E-state index contributed by atoms with van der Waals surface area (Å²) in [6.07, 6.45) is 6.45. The molecule has 2 amide bonds. The van der Waals surface area contributed by atoms with Crippen molar-refractivity contribution in [2.45, 2.75) is 44.9 Å². The molecule has 0 saturated carbocycles. The molecule has 0 fully saturated rings. The van der Waals surface area contributed by atoms with Gasteiger partial charge in [0, 0.05) is 4.88 Å². The van der Waals surface area contributed by atoms with E-state index < -0.39 is 5.91 Å². The summed E-state index contributed by atoms with van der Waals surface area (Å²) in [5.41, 5.74) is 7.97. The highest BCUT2D eigenvalue weighted by Crippen LogP contribution is 2.37. The van der Waals surface area contributed by atoms with Gasteiger partial charge in [0.05, 0.1) is 26.2 Å². The van der Waals surface area contributed by atoms with Crippen LogP contribution in [-0.4, -0.2) is 26.0 Å². The molecule has 6 nitrogen and oxygen atoms in total. The van der Waals surface area contributed by atoms with Crippen LogP contribution in [0.2, 0.25) is 0 Å². The van der Waals surface area contributed by atoms with E-state index >= 15 is 0 Å². The number of fused-ring (bicyclic) bond motifs is 1. The van der Waals surface area contributed by atoms with E-state index in [9.17, 15) is 9.59 Å². The number of hydrogen-bond donors (Lipinski definition) is 2. The van der Waals surface area contributed by atoms with Crippen molar-refractivity contribution in [3.8, 4) is 11.5 Å². The van der Waals surface area contributed by atoms with Crippen molar-refractivity contribution >= 4 is 28.2 Å². The Morgan fingerprint density at radius 3 is 2.46 bits per heavy atom. The third-order valence-corrected chi connectivity index (χ3v) is 6.19. The molecule has 0 aliphatic heterocycles. The normalized spacial score (nSPS) is 13.8. The number of methoxy groups -OCH3 is 2. The molecule has 0 bridgehead atoms. The van der Waals surface area contributed by atoms with Crippen LogP contribution in [0, 0.1) is 0 Å². The number of thiophene rings is 1. The summed E-state index contributed by atoms with van der Waals surface area (Å²) >= 11 is 1.49. The summed E-state index contributed by atoms with van der Waals surface area (Å²) in [5.74, 6) is 0.522. The number of nitrogens with two attached hydrogens (primary N) is 1. The molecule has 0 radical (unpaired) electrons. The summed E-state index contributed by atoms with van der Waals surface area (Å²) in [6.45, 7) is 0. The first kappa shape index (κ1) is 20.2. The van der Waals surface area contributed by atoms with Gasteiger partial charge in [-0.1, -0.05) is 18.9 Å². The van der Waals surface area contributed by atoms with E-state index in [0.29, 0.717) is 22.1 Å². The molecule has 7 heteroatoms. The van der Waals surface area contributed by atoms with Crippen LogP contribution in [-0.2, 0) is 24.1 Å². The molecule has 1 aromatic carbocycles. The maximum atomic E-state index is 12.6. The lowest BCUT2D eigenvalue weighted by Gasteiger charge is -2.11. The maximum absolute atomic E-state index is 12.6. The number of benzene rings is 1. The predicted octanol–water partition coefficient (Wildman–Crippen LogP) is 3.70. The lowest BCUT2D eigenvalue weighted by Crippen LogP contribution is -2.19. The molecule has 1 aliphatic rings. The molecule has 1 heterocycles. The van der Waals surface area contributed by atoms with Gasteiger partial charge < -0.3 is 20.5 Å². The zero-order chi connectivity index (χ0) is 20.1. The molecular weight excluding hydrogens is 376 g/mol. The molecule has 0 atom stereocenters. The second-order valence-electron chi connectivity index (χ2n) is 6.90. The minimum absolute atomic E-state index is 0.168. The van der Waals surface area contributed by atoms with Crippen molar-refractivity contribution in [1.29, 1.82) is 0 Å². The van der Waals surface area contributed by atoms with E-state index in [2.05, 4.69) is 5.32 Å². The predicted molar refractivity (Wildman–Crippen MR) is 111 cm³/mol. The summed E-state index contributed by atoms with van der Waals surface area (Å²) in [6, 6.07) is 5.37. The summed E-state index contributed by atoms with van der Waals surface area (Å²) in [5, 5.41) is 3.49. The molecule has 1 aliphatic carbocycles. The van der Waals surface area contributed by atoms with Crippen LogP contribution < -0.4 is 20.5 Å². The Balaban J connectivity index is 1.80. The van der Waals surface area contributed by atoms with E-state index in [4.69, 9.17) is 15.2 Å². The molecule has 1 aromatic heterocycles. The van der Waals surface area contributed by atoms with Crippen LogP contribution in [0.25, 0.3) is 0 Å². The van der Waals surface area contributed by atoms with Crippen molar-refractivity contribution in [2.24, 2.45) is 5.73 Å². The fourth-order valence-corrected chi connectivity index (χ4v) is 4.93. The molecular formula is C21H26N2O4S. The lowest BCUT2D eigenvalue weighted by molar-refractivity contribution is -0.115. The van der Waals surface area contributed by atoms with E-state index in [1.807, 2.05) is 6.07 Å². The second kappa shape index (κ2) is 9.10. The van der Waals surface area contributed by atoms with Crippen LogP contribution in [0.5, 0.6) is 11.5 Å². The summed E-state index contributed by atoms with van der Waals surface area (Å²) < 4.78 is 10.5. The van der Waals surface area contributed by atoms with Crippen LogP contribution in [0.1, 0.15) is 52.0 Å². The topological polar surface area (TPSA) is 90.6 Å². The number of rotatable bonds is 6. The minimum atomic E-state index is -0.473. The van der Waals surface area contributed by atoms with Crippen LogP contribution in [0.15, 0.2) is 18.2 Å². The monoisotopic (exact) mass is 402 g/mol. The third-order valence-electron chi connectivity index (χ3n) is 4.98. The van der Waals surface area contributed by atoms with Gasteiger partial charge in [-0.2, -0.15) is 0 Å². The van der Waals surface area contributed by atoms with E-state index in [0.717, 1.165) is 43.2 Å². The van der Waals surface area contributed by atoms with Gasteiger partial charge in [-0.05, 0) is 48.9 Å². The molecule has 150 valence electrons. The first-order chi connectivity index (χ1) is 13.5. The van der Waals surface area contributed by atoms with Gasteiger partial charge in [0.1, 0.15) is 5.00 Å². The van der Waals surface area contributed by atoms with Crippen molar-refractivity contribution in [1.82, 2.24) is 0 Å². The van der Waals surface area contributed by atoms with E-state index in [1.54, 1.807) is 26.4 Å². The van der Waals surface area contributed by atoms with E-state index in [-0.39, 0.29) is 12.3 Å². The average Bonchev–Trinajstić information content (AvgIpc) is 2.97. The zero-order valence-corrected chi connectivity index (χ0v) is 17.1. The quantitative estimate of drug-likeness (QED) is 0.771. The Bertz CT molecular complexity index is 876. The number of anilines is 1. The Morgan fingerprint density at radius 2 is 1.79 bits per heavy atom. The maximum Gasteiger partial charge on any atom is 0.251 e. The van der Waals surface area contributed by atoms with Gasteiger partial charge >= 0.3 is 0 Å². The summed E-state index contributed by atoms with van der Waals surface area (Å²) in [7, 11) is 3.13. The fourth-order valence-electron chi connectivity index (χ4n) is 3.61. The first-order valence-corrected chi connectivity index (χ1v) is 10.3. The molecule has 3 N–H and O–H groups in total. The second-order valence-corrected chi connectivity index (χ2v) is 8.01. The number of ether oxygens (including phenoxy) is 2. The number of aryl methyl sites for hydroxylation is 1. The first-order valence-electron chi connectivity index (χ1n) is 9.48. The molecule has 3 rings (SSSR count). The molecule has 0 saturated heterocycles. The van der Waals surface area contributed by atoms with Gasteiger partial charge in [-0.25, -0.2) is 0 Å². The van der Waals surface area contributed by atoms with Gasteiger partial charge in [0.15, 0.2) is 11.5 Å². The Hall–Kier alpha value is -2.54. The highest BCUT2D eigenvalue weighted by molar-refractivity contribution is 7.17. The number of primary amides is 1. The smallest absolute Gasteiger partial charge is 0.251 e. The Kier molecular flexibility index (Phi) is 6.57. The van der Waals surface area contributed by atoms with Crippen molar-refractivity contribution in [3.63, 3.8) is 0 Å². The van der Waals surface area contributed by atoms with Gasteiger partial charge in [-0.3, -0.25) is 9.59 Å². The Morgan fingerprint density at radius 1 is 1.07 bits per heavy atom. The number of carbonyl (C=O) groups is 2. The minimum Gasteiger partial charge on any atom is -0.493 e. The number of nitrogens with one attached hydrogen (secondary N) is 1. The largest absolute Gasteiger partial charge is 0.493 e. The van der Waals surface area contributed by atoms with E-state index in [1.165, 1.54) is 22.6 Å².